The number of alkyl halides is 3. The molecule has 0 atom stereocenters. The normalized spacial score (nSPS) is 11.4. The zero-order valence-electron chi connectivity index (χ0n) is 18.1. The SMILES string of the molecule is Cc1cc(C)n(-c2ccc(CNC(=O)c3cc([N+](=O)[O-])cc([N+](=O)[O-])c3C)c(C(F)(F)F)c2)n1. The van der Waals surface area contributed by atoms with Gasteiger partial charge in [0, 0.05) is 23.9 Å². The molecule has 13 heteroatoms. The molecule has 0 radical (unpaired) electrons. The summed E-state index contributed by atoms with van der Waals surface area (Å²) in [7, 11) is 0. The molecular formula is C21H18F3N5O5. The molecule has 0 aliphatic rings. The van der Waals surface area contributed by atoms with Gasteiger partial charge in [-0.15, -0.1) is 0 Å². The van der Waals surface area contributed by atoms with Crippen LogP contribution in [0, 0.1) is 41.0 Å². The molecule has 178 valence electrons. The van der Waals surface area contributed by atoms with Gasteiger partial charge in [0.25, 0.3) is 17.3 Å². The number of carbonyl (C=O) groups excluding carboxylic acids is 1. The van der Waals surface area contributed by atoms with Gasteiger partial charge in [-0.2, -0.15) is 18.3 Å². The first-order valence-corrected chi connectivity index (χ1v) is 9.75. The van der Waals surface area contributed by atoms with Gasteiger partial charge in [0.05, 0.1) is 38.4 Å². The van der Waals surface area contributed by atoms with Crippen molar-refractivity contribution in [1.29, 1.82) is 0 Å². The Morgan fingerprint density at radius 2 is 1.74 bits per heavy atom. The van der Waals surface area contributed by atoms with E-state index < -0.39 is 45.4 Å². The van der Waals surface area contributed by atoms with Crippen molar-refractivity contribution >= 4 is 17.3 Å². The second kappa shape index (κ2) is 8.92. The highest BCUT2D eigenvalue weighted by atomic mass is 19.4. The summed E-state index contributed by atoms with van der Waals surface area (Å²) in [6.45, 7) is 4.06. The summed E-state index contributed by atoms with van der Waals surface area (Å²) in [5.41, 5.74) is -1.69. The Balaban J connectivity index is 1.95. The van der Waals surface area contributed by atoms with E-state index in [1.807, 2.05) is 0 Å². The minimum absolute atomic E-state index is 0.149. The van der Waals surface area contributed by atoms with Gasteiger partial charge in [-0.25, -0.2) is 4.68 Å². The van der Waals surface area contributed by atoms with Crippen molar-refractivity contribution in [3.05, 3.63) is 90.3 Å². The van der Waals surface area contributed by atoms with E-state index in [9.17, 15) is 38.2 Å². The molecule has 1 aromatic heterocycles. The molecule has 0 spiro atoms. The van der Waals surface area contributed by atoms with Gasteiger partial charge in [0.1, 0.15) is 0 Å². The first kappa shape index (κ1) is 24.4. The second-order valence-corrected chi connectivity index (χ2v) is 7.51. The molecule has 3 aromatic rings. The van der Waals surface area contributed by atoms with Gasteiger partial charge in [-0.05, 0) is 44.5 Å². The molecule has 34 heavy (non-hydrogen) atoms. The summed E-state index contributed by atoms with van der Waals surface area (Å²) in [4.78, 5) is 33.1. The first-order chi connectivity index (χ1) is 15.8. The lowest BCUT2D eigenvalue weighted by Crippen LogP contribution is -2.25. The van der Waals surface area contributed by atoms with Crippen molar-refractivity contribution in [2.75, 3.05) is 0 Å². The van der Waals surface area contributed by atoms with Crippen LogP contribution < -0.4 is 5.32 Å². The highest BCUT2D eigenvalue weighted by Gasteiger charge is 2.34. The summed E-state index contributed by atoms with van der Waals surface area (Å²) in [5.74, 6) is -0.986. The molecule has 1 amide bonds. The molecule has 0 saturated heterocycles. The quantitative estimate of drug-likeness (QED) is 0.409. The van der Waals surface area contributed by atoms with Crippen molar-refractivity contribution in [3.63, 3.8) is 0 Å². The number of hydrogen-bond acceptors (Lipinski definition) is 6. The Labute approximate surface area is 190 Å². The van der Waals surface area contributed by atoms with Crippen LogP contribution in [-0.2, 0) is 12.7 Å². The van der Waals surface area contributed by atoms with Crippen molar-refractivity contribution in [2.45, 2.75) is 33.5 Å². The number of hydrogen-bond donors (Lipinski definition) is 1. The molecule has 2 aromatic carbocycles. The number of nitrogens with zero attached hydrogens (tertiary/aromatic N) is 4. The smallest absolute Gasteiger partial charge is 0.348 e. The largest absolute Gasteiger partial charge is 0.416 e. The van der Waals surface area contributed by atoms with E-state index in [0.717, 1.165) is 12.1 Å². The molecule has 0 saturated carbocycles. The maximum atomic E-state index is 13.8. The highest BCUT2D eigenvalue weighted by Crippen LogP contribution is 2.34. The van der Waals surface area contributed by atoms with E-state index >= 15 is 0 Å². The van der Waals surface area contributed by atoms with Crippen LogP contribution in [-0.4, -0.2) is 25.5 Å². The fourth-order valence-corrected chi connectivity index (χ4v) is 3.49. The molecule has 0 aliphatic heterocycles. The van der Waals surface area contributed by atoms with Gasteiger partial charge in [0.15, 0.2) is 0 Å². The van der Waals surface area contributed by atoms with Crippen LogP contribution in [0.25, 0.3) is 5.69 Å². The number of non-ortho nitro benzene ring substituents is 1. The van der Waals surface area contributed by atoms with Crippen LogP contribution in [0.15, 0.2) is 36.4 Å². The number of nitro benzene ring substituents is 2. The van der Waals surface area contributed by atoms with Crippen LogP contribution in [0.3, 0.4) is 0 Å². The van der Waals surface area contributed by atoms with Crippen molar-refractivity contribution < 1.29 is 27.8 Å². The molecule has 3 rings (SSSR count). The Kier molecular flexibility index (Phi) is 6.39. The van der Waals surface area contributed by atoms with E-state index in [-0.39, 0.29) is 22.4 Å². The van der Waals surface area contributed by atoms with Gasteiger partial charge >= 0.3 is 6.18 Å². The van der Waals surface area contributed by atoms with Crippen LogP contribution in [0.4, 0.5) is 24.5 Å². The van der Waals surface area contributed by atoms with Gasteiger partial charge in [-0.1, -0.05) is 6.07 Å². The van der Waals surface area contributed by atoms with E-state index in [0.29, 0.717) is 17.5 Å². The standard InChI is InChI=1S/C21H18F3N5O5/c1-11-6-12(2)27(26-11)15-5-4-14(18(8-15)21(22,23)24)10-25-20(30)17-7-16(28(31)32)9-19(13(17)3)29(33)34/h4-9H,10H2,1-3H3,(H,25,30). The van der Waals surface area contributed by atoms with Crippen LogP contribution in [0.2, 0.25) is 0 Å². The topological polar surface area (TPSA) is 133 Å². The number of amides is 1. The van der Waals surface area contributed by atoms with Gasteiger partial charge < -0.3 is 5.32 Å². The van der Waals surface area contributed by atoms with Crippen molar-refractivity contribution in [1.82, 2.24) is 15.1 Å². The predicted octanol–water partition coefficient (Wildman–Crippen LogP) is 4.56. The zero-order valence-corrected chi connectivity index (χ0v) is 18.1. The average Bonchev–Trinajstić information content (AvgIpc) is 3.08. The molecule has 1 heterocycles. The number of benzene rings is 2. The van der Waals surface area contributed by atoms with Crippen LogP contribution in [0.5, 0.6) is 0 Å². The molecule has 0 bridgehead atoms. The zero-order chi connectivity index (χ0) is 25.4. The molecular weight excluding hydrogens is 459 g/mol. The number of halogens is 3. The number of aryl methyl sites for hydroxylation is 2. The minimum Gasteiger partial charge on any atom is -0.348 e. The third-order valence-electron chi connectivity index (χ3n) is 5.11. The number of carbonyl (C=O) groups is 1. The van der Waals surface area contributed by atoms with Gasteiger partial charge in [0.2, 0.25) is 0 Å². The minimum atomic E-state index is -4.74. The Morgan fingerprint density at radius 1 is 1.06 bits per heavy atom. The van der Waals surface area contributed by atoms with Gasteiger partial charge in [-0.3, -0.25) is 25.0 Å². The molecule has 0 unspecified atom stereocenters. The Morgan fingerprint density at radius 3 is 2.26 bits per heavy atom. The monoisotopic (exact) mass is 477 g/mol. The Bertz CT molecular complexity index is 1320. The molecule has 10 nitrogen and oxygen atoms in total. The maximum absolute atomic E-state index is 13.8. The lowest BCUT2D eigenvalue weighted by atomic mass is 10.0. The first-order valence-electron chi connectivity index (χ1n) is 9.75. The number of nitrogens with one attached hydrogen (secondary N) is 1. The number of aromatic nitrogens is 2. The van der Waals surface area contributed by atoms with Crippen LogP contribution >= 0.6 is 0 Å². The van der Waals surface area contributed by atoms with E-state index in [4.69, 9.17) is 0 Å². The second-order valence-electron chi connectivity index (χ2n) is 7.51. The lowest BCUT2D eigenvalue weighted by molar-refractivity contribution is -0.394. The maximum Gasteiger partial charge on any atom is 0.416 e. The average molecular weight is 477 g/mol. The number of nitro groups is 2. The van der Waals surface area contributed by atoms with Crippen molar-refractivity contribution in [3.8, 4) is 5.69 Å². The molecule has 0 fully saturated rings. The third kappa shape index (κ3) is 4.87. The van der Waals surface area contributed by atoms with E-state index in [2.05, 4.69) is 10.4 Å². The number of rotatable bonds is 6. The summed E-state index contributed by atoms with van der Waals surface area (Å²) in [6, 6.07) is 6.78. The summed E-state index contributed by atoms with van der Waals surface area (Å²) in [6.07, 6.45) is -4.74. The highest BCUT2D eigenvalue weighted by molar-refractivity contribution is 5.97. The third-order valence-corrected chi connectivity index (χ3v) is 5.11. The van der Waals surface area contributed by atoms with Crippen LogP contribution in [0.1, 0.15) is 38.4 Å². The molecule has 1 N–H and O–H groups in total. The van der Waals surface area contributed by atoms with E-state index in [1.165, 1.54) is 23.7 Å². The molecule has 0 aliphatic carbocycles. The summed E-state index contributed by atoms with van der Waals surface area (Å²) < 4.78 is 42.6. The fourth-order valence-electron chi connectivity index (χ4n) is 3.49. The summed E-state index contributed by atoms with van der Waals surface area (Å²) in [5, 5.41) is 28.7. The van der Waals surface area contributed by atoms with E-state index in [1.54, 1.807) is 19.9 Å². The summed E-state index contributed by atoms with van der Waals surface area (Å²) >= 11 is 0. The fraction of sp³-hybridized carbons (Fsp3) is 0.238. The Hall–Kier alpha value is -4.29. The lowest BCUT2D eigenvalue weighted by Gasteiger charge is -2.16. The van der Waals surface area contributed by atoms with Crippen molar-refractivity contribution in [2.24, 2.45) is 0 Å². The predicted molar refractivity (Wildman–Crippen MR) is 114 cm³/mol.